The van der Waals surface area contributed by atoms with Crippen LogP contribution in [0.3, 0.4) is 0 Å². The molecule has 8 nitrogen and oxygen atoms in total. The second-order valence-electron chi connectivity index (χ2n) is 4.30. The van der Waals surface area contributed by atoms with Gasteiger partial charge in [-0.2, -0.15) is 0 Å². The molecule has 0 fully saturated rings. The summed E-state index contributed by atoms with van der Waals surface area (Å²) in [5.41, 5.74) is 0. The molecule has 0 aromatic heterocycles. The van der Waals surface area contributed by atoms with Crippen LogP contribution in [-0.4, -0.2) is 55.6 Å². The largest absolute Gasteiger partial charge is 0.481 e. The van der Waals surface area contributed by atoms with Crippen LogP contribution in [-0.2, 0) is 14.4 Å². The van der Waals surface area contributed by atoms with Gasteiger partial charge in [0.1, 0.15) is 0 Å². The van der Waals surface area contributed by atoms with Crippen LogP contribution in [0.25, 0.3) is 0 Å². The SMILES string of the molecule is CCCCCC(C)C(=O)O.O=C(O)C(O)C(O)C(=O)O. The first-order chi connectivity index (χ1) is 9.14. The van der Waals surface area contributed by atoms with Gasteiger partial charge in [-0.3, -0.25) is 4.79 Å². The molecular formula is C12H22O8. The Bertz CT molecular complexity index is 297. The Morgan fingerprint density at radius 1 is 0.850 bits per heavy atom. The molecule has 0 bridgehead atoms. The lowest BCUT2D eigenvalue weighted by Crippen LogP contribution is -2.39. The fraction of sp³-hybridized carbons (Fsp3) is 0.750. The zero-order chi connectivity index (χ0) is 16.3. The number of aliphatic carboxylic acids is 3. The van der Waals surface area contributed by atoms with E-state index in [-0.39, 0.29) is 5.92 Å². The van der Waals surface area contributed by atoms with Crippen molar-refractivity contribution in [3.05, 3.63) is 0 Å². The summed E-state index contributed by atoms with van der Waals surface area (Å²) >= 11 is 0. The first-order valence-electron chi connectivity index (χ1n) is 6.19. The van der Waals surface area contributed by atoms with Crippen LogP contribution in [0.15, 0.2) is 0 Å². The molecule has 0 saturated carbocycles. The molecule has 0 saturated heterocycles. The Hall–Kier alpha value is -1.67. The summed E-state index contributed by atoms with van der Waals surface area (Å²) in [7, 11) is 0. The zero-order valence-electron chi connectivity index (χ0n) is 11.5. The van der Waals surface area contributed by atoms with Gasteiger partial charge in [0.05, 0.1) is 5.92 Å². The number of rotatable bonds is 8. The van der Waals surface area contributed by atoms with E-state index < -0.39 is 30.1 Å². The van der Waals surface area contributed by atoms with Gasteiger partial charge in [-0.25, -0.2) is 9.59 Å². The lowest BCUT2D eigenvalue weighted by Gasteiger charge is -2.07. The summed E-state index contributed by atoms with van der Waals surface area (Å²) < 4.78 is 0. The number of hydrogen-bond acceptors (Lipinski definition) is 5. The van der Waals surface area contributed by atoms with E-state index in [1.54, 1.807) is 6.92 Å². The average Bonchev–Trinajstić information content (AvgIpc) is 2.37. The molecule has 0 aliphatic carbocycles. The number of carboxylic acids is 3. The van der Waals surface area contributed by atoms with Crippen molar-refractivity contribution in [2.45, 2.75) is 51.7 Å². The van der Waals surface area contributed by atoms with Crippen molar-refractivity contribution in [1.82, 2.24) is 0 Å². The Morgan fingerprint density at radius 2 is 1.25 bits per heavy atom. The monoisotopic (exact) mass is 294 g/mol. The molecular weight excluding hydrogens is 272 g/mol. The van der Waals surface area contributed by atoms with E-state index in [4.69, 9.17) is 25.5 Å². The quantitative estimate of drug-likeness (QED) is 0.397. The summed E-state index contributed by atoms with van der Waals surface area (Å²) in [6.07, 6.45) is -0.355. The van der Waals surface area contributed by atoms with E-state index in [0.717, 1.165) is 25.7 Å². The van der Waals surface area contributed by atoms with E-state index >= 15 is 0 Å². The van der Waals surface area contributed by atoms with E-state index in [9.17, 15) is 14.4 Å². The summed E-state index contributed by atoms with van der Waals surface area (Å²) in [6, 6.07) is 0. The fourth-order valence-electron chi connectivity index (χ4n) is 1.09. The van der Waals surface area contributed by atoms with Crippen molar-refractivity contribution in [2.75, 3.05) is 0 Å². The molecule has 0 aromatic rings. The fourth-order valence-corrected chi connectivity index (χ4v) is 1.09. The average molecular weight is 294 g/mol. The Balaban J connectivity index is 0. The highest BCUT2D eigenvalue weighted by Crippen LogP contribution is 2.08. The molecule has 0 aliphatic rings. The molecule has 0 aliphatic heterocycles. The maximum Gasteiger partial charge on any atom is 0.335 e. The minimum Gasteiger partial charge on any atom is -0.481 e. The maximum absolute atomic E-state index is 10.3. The van der Waals surface area contributed by atoms with Gasteiger partial charge in [0.15, 0.2) is 12.2 Å². The van der Waals surface area contributed by atoms with Crippen molar-refractivity contribution in [3.63, 3.8) is 0 Å². The lowest BCUT2D eigenvalue weighted by atomic mass is 10.0. The minimum absolute atomic E-state index is 0.161. The van der Waals surface area contributed by atoms with Crippen molar-refractivity contribution >= 4 is 17.9 Å². The third-order valence-electron chi connectivity index (χ3n) is 2.47. The van der Waals surface area contributed by atoms with Crippen LogP contribution in [0, 0.1) is 5.92 Å². The van der Waals surface area contributed by atoms with Gasteiger partial charge >= 0.3 is 17.9 Å². The molecule has 3 atom stereocenters. The van der Waals surface area contributed by atoms with Gasteiger partial charge in [-0.15, -0.1) is 0 Å². The van der Waals surface area contributed by atoms with Crippen molar-refractivity contribution in [1.29, 1.82) is 0 Å². The Kier molecular flexibility index (Phi) is 11.5. The maximum atomic E-state index is 10.3. The number of carboxylic acid groups (broad SMARTS) is 3. The third kappa shape index (κ3) is 10.3. The molecule has 0 aromatic carbocycles. The highest BCUT2D eigenvalue weighted by molar-refractivity contribution is 5.83. The summed E-state index contributed by atoms with van der Waals surface area (Å²) in [5.74, 6) is -4.37. The summed E-state index contributed by atoms with van der Waals surface area (Å²) in [6.45, 7) is 3.88. The van der Waals surface area contributed by atoms with Gasteiger partial charge in [-0.1, -0.05) is 33.1 Å². The van der Waals surface area contributed by atoms with Crippen molar-refractivity contribution in [3.8, 4) is 0 Å². The first-order valence-corrected chi connectivity index (χ1v) is 6.19. The number of aliphatic hydroxyl groups excluding tert-OH is 2. The molecule has 3 unspecified atom stereocenters. The van der Waals surface area contributed by atoms with Crippen LogP contribution < -0.4 is 0 Å². The topological polar surface area (TPSA) is 152 Å². The predicted octanol–water partition coefficient (Wildman–Crippen LogP) is 0.165. The summed E-state index contributed by atoms with van der Waals surface area (Å²) in [5, 5.41) is 41.0. The molecule has 0 amide bonds. The van der Waals surface area contributed by atoms with Crippen molar-refractivity contribution in [2.24, 2.45) is 5.92 Å². The van der Waals surface area contributed by atoms with Gasteiger partial charge in [-0.05, 0) is 6.42 Å². The van der Waals surface area contributed by atoms with Gasteiger partial charge in [0.2, 0.25) is 0 Å². The van der Waals surface area contributed by atoms with E-state index in [0.29, 0.717) is 0 Å². The smallest absolute Gasteiger partial charge is 0.335 e. The van der Waals surface area contributed by atoms with Crippen LogP contribution in [0.5, 0.6) is 0 Å². The van der Waals surface area contributed by atoms with Crippen LogP contribution >= 0.6 is 0 Å². The number of carbonyl (C=O) groups is 3. The molecule has 8 heteroatoms. The molecule has 118 valence electrons. The van der Waals surface area contributed by atoms with Crippen LogP contribution in [0.1, 0.15) is 39.5 Å². The van der Waals surface area contributed by atoms with E-state index in [1.807, 2.05) is 0 Å². The Morgan fingerprint density at radius 3 is 1.50 bits per heavy atom. The predicted molar refractivity (Wildman–Crippen MR) is 68.2 cm³/mol. The second-order valence-corrected chi connectivity index (χ2v) is 4.30. The lowest BCUT2D eigenvalue weighted by molar-refractivity contribution is -0.165. The normalized spacial score (nSPS) is 14.4. The highest BCUT2D eigenvalue weighted by Gasteiger charge is 2.29. The van der Waals surface area contributed by atoms with Crippen molar-refractivity contribution < 1.29 is 39.9 Å². The van der Waals surface area contributed by atoms with Gasteiger partial charge < -0.3 is 25.5 Å². The number of unbranched alkanes of at least 4 members (excludes halogenated alkanes) is 2. The first kappa shape index (κ1) is 20.6. The zero-order valence-corrected chi connectivity index (χ0v) is 11.5. The molecule has 20 heavy (non-hydrogen) atoms. The number of aliphatic hydroxyl groups is 2. The van der Waals surface area contributed by atoms with E-state index in [1.165, 1.54) is 0 Å². The highest BCUT2D eigenvalue weighted by atomic mass is 16.4. The van der Waals surface area contributed by atoms with Crippen LogP contribution in [0.4, 0.5) is 0 Å². The second kappa shape index (κ2) is 11.2. The van der Waals surface area contributed by atoms with Gasteiger partial charge in [0, 0.05) is 0 Å². The summed E-state index contributed by atoms with van der Waals surface area (Å²) in [4.78, 5) is 29.8. The molecule has 0 radical (unpaired) electrons. The third-order valence-corrected chi connectivity index (χ3v) is 2.47. The Labute approximate surface area is 116 Å². The van der Waals surface area contributed by atoms with E-state index in [2.05, 4.69) is 6.92 Å². The minimum atomic E-state index is -2.27. The molecule has 0 spiro atoms. The standard InChI is InChI=1S/C8H16O2.C4H6O6/c1-3-4-5-6-7(2)8(9)10;5-1(3(7)8)2(6)4(9)10/h7H,3-6H2,1-2H3,(H,9,10);1-2,5-6H,(H,7,8)(H,9,10). The van der Waals surface area contributed by atoms with Gasteiger partial charge in [0.25, 0.3) is 0 Å². The van der Waals surface area contributed by atoms with Crippen LogP contribution in [0.2, 0.25) is 0 Å². The molecule has 5 N–H and O–H groups in total. The molecule has 0 heterocycles. The number of hydrogen-bond donors (Lipinski definition) is 5. The molecule has 0 rings (SSSR count).